The first-order chi connectivity index (χ1) is 9.36. The van der Waals surface area contributed by atoms with Gasteiger partial charge in [-0.25, -0.2) is 0 Å². The molecule has 0 aliphatic heterocycles. The minimum Gasteiger partial charge on any atom is -0.297 e. The maximum Gasteiger partial charge on any atom is -0.0296 e. The van der Waals surface area contributed by atoms with Crippen LogP contribution < -0.4 is 10.6 Å². The Hall–Kier alpha value is 0.542. The first-order valence-electron chi connectivity index (χ1n) is 5.61. The summed E-state index contributed by atoms with van der Waals surface area (Å²) in [5.74, 6) is 0. The van der Waals surface area contributed by atoms with Crippen molar-refractivity contribution in [3.8, 4) is 0 Å². The van der Waals surface area contributed by atoms with Crippen molar-refractivity contribution in [1.29, 1.82) is 0 Å². The van der Waals surface area contributed by atoms with Crippen LogP contribution in [-0.2, 0) is 15.9 Å². The molecule has 5 heteroatoms. The Morgan fingerprint density at radius 2 is 1.32 bits per heavy atom. The third kappa shape index (κ3) is 9.16. The number of halogens is 2. The summed E-state index contributed by atoms with van der Waals surface area (Å²) in [7, 11) is 11.4. The monoisotopic (exact) mass is 421 g/mol. The molecule has 2 aromatic carbocycles. The van der Waals surface area contributed by atoms with Gasteiger partial charge in [-0.3, -0.25) is 14.7 Å². The van der Waals surface area contributed by atoms with Crippen LogP contribution in [0.15, 0.2) is 60.7 Å². The van der Waals surface area contributed by atoms with Crippen LogP contribution in [0.2, 0.25) is 0 Å². The van der Waals surface area contributed by atoms with Crippen molar-refractivity contribution in [3.05, 3.63) is 66.8 Å². The fourth-order valence-electron chi connectivity index (χ4n) is 1.43. The predicted molar refractivity (Wildman–Crippen MR) is 89.7 cm³/mol. The van der Waals surface area contributed by atoms with Crippen LogP contribution in [0.1, 0.15) is 0 Å². The molecule has 19 heavy (non-hydrogen) atoms. The number of hydrogen-bond acceptors (Lipinski definition) is 0. The molecule has 0 bridgehead atoms. The minimum atomic E-state index is -0.106. The first-order valence-corrected chi connectivity index (χ1v) is 11.9. The molecule has 2 unspecified atom stereocenters. The molecule has 0 spiro atoms. The van der Waals surface area contributed by atoms with Gasteiger partial charge in [-0.15, -0.1) is 8.58 Å². The third-order valence-electron chi connectivity index (χ3n) is 2.22. The zero-order valence-corrected chi connectivity index (χ0v) is 15.2. The zero-order valence-electron chi connectivity index (χ0n) is 10.1. The summed E-state index contributed by atoms with van der Waals surface area (Å²) in [4.78, 5) is 0. The second-order valence-corrected chi connectivity index (χ2v) is 8.48. The largest absolute Gasteiger partial charge is 0.297 e. The van der Waals surface area contributed by atoms with Gasteiger partial charge in [0.05, 0.1) is 0 Å². The molecule has 2 atom stereocenters. The van der Waals surface area contributed by atoms with E-state index in [9.17, 15) is 0 Å². The van der Waals surface area contributed by atoms with Crippen LogP contribution in [0.25, 0.3) is 0 Å². The van der Waals surface area contributed by atoms with Crippen LogP contribution in [0.5, 0.6) is 0 Å². The van der Waals surface area contributed by atoms with Gasteiger partial charge in [-0.2, -0.15) is 6.16 Å². The predicted octanol–water partition coefficient (Wildman–Crippen LogP) is 4.53. The molecule has 0 aliphatic carbocycles. The van der Waals surface area contributed by atoms with Gasteiger partial charge < -0.3 is 0 Å². The van der Waals surface area contributed by atoms with Crippen molar-refractivity contribution in [2.45, 2.75) is 0 Å². The molecular weight excluding hydrogens is 407 g/mol. The van der Waals surface area contributed by atoms with Gasteiger partial charge in [0, 0.05) is 0 Å². The van der Waals surface area contributed by atoms with Crippen molar-refractivity contribution in [3.63, 3.8) is 0 Å². The smallest absolute Gasteiger partial charge is 0.0296 e. The summed E-state index contributed by atoms with van der Waals surface area (Å²) in [6, 6.07) is 21.4. The van der Waals surface area contributed by atoms with Gasteiger partial charge in [0.25, 0.3) is 0 Å². The molecule has 2 aromatic rings. The van der Waals surface area contributed by atoms with E-state index in [2.05, 4.69) is 66.8 Å². The Balaban J connectivity index is 0.000000550. The van der Waals surface area contributed by atoms with E-state index in [1.807, 2.05) is 0 Å². The second-order valence-electron chi connectivity index (χ2n) is 3.51. The van der Waals surface area contributed by atoms with E-state index in [4.69, 9.17) is 19.1 Å². The van der Waals surface area contributed by atoms with Crippen LogP contribution >= 0.6 is 36.2 Å². The van der Waals surface area contributed by atoms with Gasteiger partial charge in [0.15, 0.2) is 0 Å². The number of benzene rings is 2. The average molecular weight is 423 g/mol. The normalized spacial score (nSPS) is 11.1. The molecule has 0 aliphatic rings. The zero-order chi connectivity index (χ0) is 13.8. The summed E-state index contributed by atoms with van der Waals surface area (Å²) in [6.45, 7) is 0. The van der Waals surface area contributed by atoms with Crippen LogP contribution in [0.3, 0.4) is 0 Å². The van der Waals surface area contributed by atoms with E-state index < -0.39 is 0 Å². The van der Waals surface area contributed by atoms with E-state index in [-0.39, 0.29) is 15.9 Å². The summed E-state index contributed by atoms with van der Waals surface area (Å²) in [5, 5.41) is 2.89. The molecule has 106 valence electrons. The molecule has 0 radical (unpaired) electrons. The molecule has 0 amide bonds. The molecule has 0 N–H and O–H groups in total. The summed E-state index contributed by atoms with van der Waals surface area (Å²) >= 11 is -0.106. The molecule has 0 saturated heterocycles. The van der Waals surface area contributed by atoms with Crippen LogP contribution in [0, 0.1) is 6.16 Å². The molecule has 0 heterocycles. The van der Waals surface area contributed by atoms with Crippen LogP contribution in [-0.4, -0.2) is 6.16 Å². The van der Waals surface area contributed by atoms with Gasteiger partial charge in [-0.1, -0.05) is 66.0 Å². The minimum absolute atomic E-state index is 0.106. The Kier molecular flexibility index (Phi) is 11.4. The third-order valence-corrected chi connectivity index (χ3v) is 4.86. The molecule has 0 nitrogen and oxygen atoms in total. The fraction of sp³-hybridized carbons (Fsp3) is 0.0714. The number of hydrogen-bond donors (Lipinski definition) is 0. The Morgan fingerprint density at radius 1 is 0.842 bits per heavy atom. The maximum absolute atomic E-state index is 4.81. The quantitative estimate of drug-likeness (QED) is 0.287. The Morgan fingerprint density at radius 3 is 1.84 bits per heavy atom. The fourth-order valence-corrected chi connectivity index (χ4v) is 3.53. The van der Waals surface area contributed by atoms with E-state index in [1.54, 1.807) is 0 Å². The molecule has 0 saturated carbocycles. The van der Waals surface area contributed by atoms with Gasteiger partial charge >= 0.3 is 35.0 Å². The summed E-state index contributed by atoms with van der Waals surface area (Å²) in [6.07, 6.45) is 3.60. The molecular formula is C14H15Cl2P2Pd-. The SMILES string of the molecule is [Cl][Pd][Cl].c1ccc(P[CH-]CPc2ccccc2)cc1. The van der Waals surface area contributed by atoms with Crippen molar-refractivity contribution < 1.29 is 15.9 Å². The topological polar surface area (TPSA) is 0 Å². The van der Waals surface area contributed by atoms with Gasteiger partial charge in [0.1, 0.15) is 0 Å². The average Bonchev–Trinajstić information content (AvgIpc) is 2.47. The maximum atomic E-state index is 4.81. The molecule has 2 rings (SSSR count). The summed E-state index contributed by atoms with van der Waals surface area (Å²) < 4.78 is 0. The Labute approximate surface area is 135 Å². The second kappa shape index (κ2) is 12.3. The first kappa shape index (κ1) is 17.6. The standard InChI is InChI=1S/C14H15P2.2ClH.Pd/c1-3-7-13(8-4-1)15-11-12-16-14-9-5-2-6-10-14;;;/h1-11,15-16H,12H2;2*1H;/q-1;;;+2/p-2. The summed E-state index contributed by atoms with van der Waals surface area (Å²) in [5.41, 5.74) is 0. The van der Waals surface area contributed by atoms with Crippen molar-refractivity contribution in [2.75, 3.05) is 6.16 Å². The van der Waals surface area contributed by atoms with E-state index in [1.165, 1.54) is 16.8 Å². The van der Waals surface area contributed by atoms with Gasteiger partial charge in [-0.05, 0) is 5.30 Å². The van der Waals surface area contributed by atoms with Crippen LogP contribution in [0.4, 0.5) is 0 Å². The molecule has 0 aromatic heterocycles. The van der Waals surface area contributed by atoms with E-state index in [0.717, 1.165) is 17.2 Å². The Bertz CT molecular complexity index is 384. The molecule has 0 fully saturated rings. The van der Waals surface area contributed by atoms with Crippen molar-refractivity contribution in [2.24, 2.45) is 0 Å². The number of rotatable bonds is 5. The van der Waals surface area contributed by atoms with E-state index >= 15 is 0 Å². The van der Waals surface area contributed by atoms with Crippen molar-refractivity contribution in [1.82, 2.24) is 0 Å². The van der Waals surface area contributed by atoms with Crippen molar-refractivity contribution >= 4 is 46.8 Å². The van der Waals surface area contributed by atoms with Gasteiger partial charge in [0.2, 0.25) is 0 Å². The van der Waals surface area contributed by atoms with E-state index in [0.29, 0.717) is 0 Å².